The summed E-state index contributed by atoms with van der Waals surface area (Å²) in [6.07, 6.45) is 0. The van der Waals surface area contributed by atoms with Gasteiger partial charge < -0.3 is 4.74 Å². The number of aryl methyl sites for hydroxylation is 1. The van der Waals surface area contributed by atoms with Crippen molar-refractivity contribution in [3.63, 3.8) is 0 Å². The van der Waals surface area contributed by atoms with Gasteiger partial charge in [-0.15, -0.1) is 0 Å². The predicted molar refractivity (Wildman–Crippen MR) is 47.3 cm³/mol. The number of rotatable bonds is 3. The van der Waals surface area contributed by atoms with E-state index in [9.17, 15) is 0 Å². The zero-order valence-corrected chi connectivity index (χ0v) is 7.46. The first kappa shape index (κ1) is 9.31. The van der Waals surface area contributed by atoms with Crippen LogP contribution in [-0.2, 0) is 0 Å². The molecular formula is C8H10N4O. The zero-order chi connectivity index (χ0) is 9.84. The molecule has 0 aliphatic rings. The first-order valence-electron chi connectivity index (χ1n) is 3.66. The molecule has 0 amide bonds. The fraction of sp³-hybridized carbons (Fsp3) is 0.250. The summed E-state index contributed by atoms with van der Waals surface area (Å²) in [4.78, 5) is 0. The topological polar surface area (TPSA) is 81.7 Å². The molecular weight excluding hydrogens is 168 g/mol. The van der Waals surface area contributed by atoms with E-state index in [1.54, 1.807) is 12.1 Å². The van der Waals surface area contributed by atoms with Gasteiger partial charge in [-0.3, -0.25) is 0 Å². The molecule has 0 aliphatic carbocycles. The first-order valence-corrected chi connectivity index (χ1v) is 3.66. The minimum absolute atomic E-state index is 0.451. The van der Waals surface area contributed by atoms with Crippen LogP contribution in [0.2, 0.25) is 0 Å². The molecule has 1 rings (SSSR count). The van der Waals surface area contributed by atoms with E-state index >= 15 is 0 Å². The minimum Gasteiger partial charge on any atom is -0.494 e. The van der Waals surface area contributed by atoms with E-state index in [2.05, 4.69) is 10.2 Å². The molecule has 0 saturated carbocycles. The van der Waals surface area contributed by atoms with Gasteiger partial charge >= 0.3 is 0 Å². The molecule has 0 saturated heterocycles. The number of hydrogen-bond donors (Lipinski definition) is 2. The lowest BCUT2D eigenvalue weighted by molar-refractivity contribution is 0.415. The smallest absolute Gasteiger partial charge is 0.148 e. The van der Waals surface area contributed by atoms with Crippen molar-refractivity contribution >= 4 is 11.4 Å². The Balaban J connectivity index is 3.34. The third kappa shape index (κ3) is 1.69. The van der Waals surface area contributed by atoms with Crippen LogP contribution < -0.4 is 4.74 Å². The predicted octanol–water partition coefficient (Wildman–Crippen LogP) is 3.33. The van der Waals surface area contributed by atoms with E-state index in [1.807, 2.05) is 6.92 Å². The van der Waals surface area contributed by atoms with E-state index < -0.39 is 0 Å². The lowest BCUT2D eigenvalue weighted by atomic mass is 10.1. The monoisotopic (exact) mass is 178 g/mol. The van der Waals surface area contributed by atoms with Gasteiger partial charge in [0.05, 0.1) is 12.8 Å². The molecule has 1 aromatic carbocycles. The normalized spacial score (nSPS) is 9.38. The maximum absolute atomic E-state index is 6.88. The maximum atomic E-state index is 6.88. The van der Waals surface area contributed by atoms with E-state index in [0.29, 0.717) is 17.1 Å². The van der Waals surface area contributed by atoms with Crippen LogP contribution in [0.1, 0.15) is 5.56 Å². The van der Waals surface area contributed by atoms with E-state index in [-0.39, 0.29) is 0 Å². The van der Waals surface area contributed by atoms with Crippen LogP contribution >= 0.6 is 0 Å². The summed E-state index contributed by atoms with van der Waals surface area (Å²) in [6.45, 7) is 1.81. The van der Waals surface area contributed by atoms with Gasteiger partial charge in [0.1, 0.15) is 11.4 Å². The molecule has 0 atom stereocenters. The van der Waals surface area contributed by atoms with Gasteiger partial charge in [-0.1, -0.05) is 0 Å². The van der Waals surface area contributed by atoms with Crippen LogP contribution in [0, 0.1) is 18.0 Å². The van der Waals surface area contributed by atoms with Gasteiger partial charge in [-0.05, 0) is 18.6 Å². The third-order valence-electron chi connectivity index (χ3n) is 1.74. The van der Waals surface area contributed by atoms with Crippen LogP contribution in [0.15, 0.2) is 22.4 Å². The van der Waals surface area contributed by atoms with E-state index in [1.165, 1.54) is 7.11 Å². The second-order valence-corrected chi connectivity index (χ2v) is 2.53. The third-order valence-corrected chi connectivity index (χ3v) is 1.74. The minimum atomic E-state index is 0.451. The van der Waals surface area contributed by atoms with Crippen LogP contribution in [0.5, 0.6) is 5.75 Å². The average Bonchev–Trinajstić information content (AvgIpc) is 2.17. The molecule has 0 spiro atoms. The highest BCUT2D eigenvalue weighted by atomic mass is 16.5. The Kier molecular flexibility index (Phi) is 2.69. The molecule has 0 fully saturated rings. The summed E-state index contributed by atoms with van der Waals surface area (Å²) in [6, 6.07) is 3.26. The molecule has 0 bridgehead atoms. The number of nitrogens with zero attached hydrogens (tertiary/aromatic N) is 2. The van der Waals surface area contributed by atoms with Crippen molar-refractivity contribution in [2.75, 3.05) is 7.11 Å². The lowest BCUT2D eigenvalue weighted by Crippen LogP contribution is -1.84. The SMILES string of the molecule is COc1cc(N=N)c(C)cc1N=N. The summed E-state index contributed by atoms with van der Waals surface area (Å²) in [5, 5.41) is 6.62. The van der Waals surface area contributed by atoms with Gasteiger partial charge in [-0.25, -0.2) is 11.1 Å². The van der Waals surface area contributed by atoms with E-state index in [4.69, 9.17) is 15.8 Å². The van der Waals surface area contributed by atoms with Gasteiger partial charge in [0.15, 0.2) is 0 Å². The Labute approximate surface area is 75.7 Å². The van der Waals surface area contributed by atoms with Gasteiger partial charge in [0.25, 0.3) is 0 Å². The van der Waals surface area contributed by atoms with Crippen molar-refractivity contribution in [1.82, 2.24) is 0 Å². The summed E-state index contributed by atoms with van der Waals surface area (Å²) < 4.78 is 4.98. The average molecular weight is 178 g/mol. The molecule has 5 heteroatoms. The molecule has 0 heterocycles. The lowest BCUT2D eigenvalue weighted by Gasteiger charge is -2.05. The van der Waals surface area contributed by atoms with Gasteiger partial charge in [0, 0.05) is 6.07 Å². The molecule has 0 aromatic heterocycles. The van der Waals surface area contributed by atoms with Crippen LogP contribution in [0.3, 0.4) is 0 Å². The quantitative estimate of drug-likeness (QED) is 0.683. The van der Waals surface area contributed by atoms with Crippen LogP contribution in [0.25, 0.3) is 0 Å². The molecule has 68 valence electrons. The van der Waals surface area contributed by atoms with Crippen molar-refractivity contribution in [1.29, 1.82) is 11.1 Å². The Hall–Kier alpha value is -1.78. The molecule has 0 unspecified atom stereocenters. The van der Waals surface area contributed by atoms with Crippen LogP contribution in [0.4, 0.5) is 11.4 Å². The standard InChI is InChI=1S/C8H10N4O/c1-5-3-7(12-10)8(13-2)4-6(5)11-9/h3-4,9-10H,1-2H3. The Morgan fingerprint density at radius 3 is 2.23 bits per heavy atom. The first-order chi connectivity index (χ1) is 6.22. The van der Waals surface area contributed by atoms with Gasteiger partial charge in [-0.2, -0.15) is 10.2 Å². The summed E-state index contributed by atoms with van der Waals surface area (Å²) in [5.74, 6) is 0.464. The van der Waals surface area contributed by atoms with Crippen molar-refractivity contribution in [3.05, 3.63) is 17.7 Å². The second-order valence-electron chi connectivity index (χ2n) is 2.53. The molecule has 13 heavy (non-hydrogen) atoms. The van der Waals surface area contributed by atoms with Crippen molar-refractivity contribution in [3.8, 4) is 5.75 Å². The Bertz CT molecular complexity index is 348. The Morgan fingerprint density at radius 2 is 1.77 bits per heavy atom. The summed E-state index contributed by atoms with van der Waals surface area (Å²) in [5.41, 5.74) is 15.5. The highest BCUT2D eigenvalue weighted by molar-refractivity contribution is 5.62. The highest BCUT2D eigenvalue weighted by Gasteiger charge is 2.06. The number of methoxy groups -OCH3 is 1. The van der Waals surface area contributed by atoms with Crippen molar-refractivity contribution < 1.29 is 4.74 Å². The highest BCUT2D eigenvalue weighted by Crippen LogP contribution is 2.34. The molecule has 1 aromatic rings. The maximum Gasteiger partial charge on any atom is 0.148 e. The fourth-order valence-electron chi connectivity index (χ4n) is 1.03. The summed E-state index contributed by atoms with van der Waals surface area (Å²) >= 11 is 0. The van der Waals surface area contributed by atoms with Gasteiger partial charge in [0.2, 0.25) is 0 Å². The molecule has 0 aliphatic heterocycles. The largest absolute Gasteiger partial charge is 0.494 e. The number of hydrogen-bond acceptors (Lipinski definition) is 5. The second kappa shape index (κ2) is 3.75. The van der Waals surface area contributed by atoms with Crippen LogP contribution in [-0.4, -0.2) is 7.11 Å². The zero-order valence-electron chi connectivity index (χ0n) is 7.46. The molecule has 0 radical (unpaired) electrons. The Morgan fingerprint density at radius 1 is 1.15 bits per heavy atom. The van der Waals surface area contributed by atoms with Crippen molar-refractivity contribution in [2.45, 2.75) is 6.92 Å². The van der Waals surface area contributed by atoms with E-state index in [0.717, 1.165) is 5.56 Å². The van der Waals surface area contributed by atoms with Crippen molar-refractivity contribution in [2.24, 2.45) is 10.2 Å². The molecule has 2 N–H and O–H groups in total. The number of ether oxygens (including phenoxy) is 1. The molecule has 5 nitrogen and oxygen atoms in total. The number of nitrogens with one attached hydrogen (secondary N) is 2. The number of benzene rings is 1. The fourth-order valence-corrected chi connectivity index (χ4v) is 1.03. The summed E-state index contributed by atoms with van der Waals surface area (Å²) in [7, 11) is 1.49.